The Balaban J connectivity index is 1.79. The normalized spacial score (nSPS) is 10.7. The first-order chi connectivity index (χ1) is 13.8. The van der Waals surface area contributed by atoms with E-state index in [0.29, 0.717) is 5.75 Å². The summed E-state index contributed by atoms with van der Waals surface area (Å²) in [6.07, 6.45) is 1.29. The van der Waals surface area contributed by atoms with Crippen LogP contribution in [-0.2, 0) is 6.54 Å². The van der Waals surface area contributed by atoms with Crippen LogP contribution in [0.5, 0.6) is 11.5 Å². The van der Waals surface area contributed by atoms with Crippen LogP contribution in [0.3, 0.4) is 0 Å². The van der Waals surface area contributed by atoms with Crippen molar-refractivity contribution in [2.75, 3.05) is 19.5 Å². The number of nitrogens with one attached hydrogen (secondary N) is 1. The fraction of sp³-hybridized carbons (Fsp3) is 0.158. The second kappa shape index (κ2) is 8.21. The number of amides is 1. The van der Waals surface area contributed by atoms with Crippen LogP contribution >= 0.6 is 0 Å². The Morgan fingerprint density at radius 3 is 2.34 bits per heavy atom. The predicted molar refractivity (Wildman–Crippen MR) is 95.1 cm³/mol. The number of halogens is 4. The van der Waals surface area contributed by atoms with E-state index < -0.39 is 41.3 Å². The zero-order valence-corrected chi connectivity index (χ0v) is 15.3. The van der Waals surface area contributed by atoms with Gasteiger partial charge >= 0.3 is 0 Å². The molecule has 1 N–H and O–H groups in total. The van der Waals surface area contributed by atoms with Gasteiger partial charge in [0.05, 0.1) is 31.9 Å². The molecule has 0 saturated carbocycles. The number of methoxy groups -OCH3 is 2. The van der Waals surface area contributed by atoms with Gasteiger partial charge in [0, 0.05) is 24.4 Å². The van der Waals surface area contributed by atoms with Crippen LogP contribution in [0.1, 0.15) is 15.9 Å². The smallest absolute Gasteiger partial charge is 0.260 e. The van der Waals surface area contributed by atoms with E-state index >= 15 is 0 Å². The van der Waals surface area contributed by atoms with Crippen molar-refractivity contribution in [3.05, 3.63) is 70.9 Å². The highest BCUT2D eigenvalue weighted by molar-refractivity contribution is 6.05. The van der Waals surface area contributed by atoms with Gasteiger partial charge in [-0.1, -0.05) is 0 Å². The number of benzene rings is 2. The van der Waals surface area contributed by atoms with Crippen LogP contribution in [0.15, 0.2) is 36.5 Å². The average molecular weight is 409 g/mol. The molecule has 1 heterocycles. The maximum Gasteiger partial charge on any atom is 0.260 e. The van der Waals surface area contributed by atoms with Crippen LogP contribution in [-0.4, -0.2) is 29.9 Å². The van der Waals surface area contributed by atoms with Crippen molar-refractivity contribution in [2.24, 2.45) is 0 Å². The number of nitrogens with zero attached hydrogens (tertiary/aromatic N) is 2. The second-order valence-corrected chi connectivity index (χ2v) is 5.87. The number of hydrogen-bond acceptors (Lipinski definition) is 4. The molecule has 29 heavy (non-hydrogen) atoms. The van der Waals surface area contributed by atoms with Crippen LogP contribution in [0.25, 0.3) is 0 Å². The molecule has 10 heteroatoms. The third-order valence-corrected chi connectivity index (χ3v) is 4.06. The number of carbonyl (C=O) groups excluding carboxylic acids is 1. The molecule has 0 saturated heterocycles. The fourth-order valence-electron chi connectivity index (χ4n) is 2.61. The zero-order chi connectivity index (χ0) is 21.1. The van der Waals surface area contributed by atoms with Crippen molar-refractivity contribution < 1.29 is 31.8 Å². The third kappa shape index (κ3) is 4.15. The fourth-order valence-corrected chi connectivity index (χ4v) is 2.61. The number of aromatic nitrogens is 2. The van der Waals surface area contributed by atoms with Crippen LogP contribution < -0.4 is 14.8 Å². The molecule has 3 aromatic rings. The largest absolute Gasteiger partial charge is 0.497 e. The van der Waals surface area contributed by atoms with E-state index in [1.54, 1.807) is 6.07 Å². The van der Waals surface area contributed by atoms with E-state index in [1.165, 1.54) is 38.6 Å². The molecule has 0 aliphatic heterocycles. The Bertz CT molecular complexity index is 1040. The zero-order valence-electron chi connectivity index (χ0n) is 15.3. The van der Waals surface area contributed by atoms with Gasteiger partial charge in [-0.05, 0) is 12.1 Å². The topological polar surface area (TPSA) is 65.4 Å². The molecule has 1 aromatic heterocycles. The van der Waals surface area contributed by atoms with E-state index in [0.717, 1.165) is 4.68 Å². The molecule has 0 unspecified atom stereocenters. The molecule has 0 bridgehead atoms. The first kappa shape index (κ1) is 20.2. The van der Waals surface area contributed by atoms with Crippen molar-refractivity contribution in [2.45, 2.75) is 6.54 Å². The summed E-state index contributed by atoms with van der Waals surface area (Å²) in [5.41, 5.74) is -0.618. The Hall–Kier alpha value is -3.56. The Labute approximate surface area is 162 Å². The average Bonchev–Trinajstić information content (AvgIpc) is 3.15. The molecule has 0 atom stereocenters. The predicted octanol–water partition coefficient (Wildman–Crippen LogP) is 3.76. The van der Waals surface area contributed by atoms with Crippen LogP contribution in [0.4, 0.5) is 23.4 Å². The minimum Gasteiger partial charge on any atom is -0.497 e. The van der Waals surface area contributed by atoms with Crippen molar-refractivity contribution in [3.8, 4) is 11.5 Å². The summed E-state index contributed by atoms with van der Waals surface area (Å²) in [7, 11) is 2.86. The molecular weight excluding hydrogens is 394 g/mol. The van der Waals surface area contributed by atoms with E-state index in [9.17, 15) is 22.4 Å². The van der Waals surface area contributed by atoms with E-state index in [4.69, 9.17) is 9.47 Å². The van der Waals surface area contributed by atoms with E-state index in [-0.39, 0.29) is 23.2 Å². The van der Waals surface area contributed by atoms with E-state index in [2.05, 4.69) is 10.4 Å². The van der Waals surface area contributed by atoms with Crippen LogP contribution in [0.2, 0.25) is 0 Å². The van der Waals surface area contributed by atoms with Gasteiger partial charge in [0.25, 0.3) is 5.91 Å². The molecule has 0 radical (unpaired) electrons. The highest BCUT2D eigenvalue weighted by Gasteiger charge is 2.20. The maximum absolute atomic E-state index is 13.8. The quantitative estimate of drug-likeness (QED) is 0.498. The van der Waals surface area contributed by atoms with Crippen molar-refractivity contribution in [3.63, 3.8) is 0 Å². The lowest BCUT2D eigenvalue weighted by atomic mass is 10.1. The number of carbonyl (C=O) groups is 1. The van der Waals surface area contributed by atoms with Crippen LogP contribution in [0, 0.1) is 23.3 Å². The van der Waals surface area contributed by atoms with Gasteiger partial charge in [-0.2, -0.15) is 5.10 Å². The Morgan fingerprint density at radius 2 is 1.72 bits per heavy atom. The maximum atomic E-state index is 13.8. The Morgan fingerprint density at radius 1 is 1.03 bits per heavy atom. The molecule has 0 aliphatic carbocycles. The molecule has 0 spiro atoms. The van der Waals surface area contributed by atoms with Gasteiger partial charge in [-0.3, -0.25) is 9.48 Å². The molecule has 6 nitrogen and oxygen atoms in total. The van der Waals surface area contributed by atoms with Crippen molar-refractivity contribution in [1.29, 1.82) is 0 Å². The van der Waals surface area contributed by atoms with Gasteiger partial charge in [0.2, 0.25) is 0 Å². The third-order valence-electron chi connectivity index (χ3n) is 4.06. The summed E-state index contributed by atoms with van der Waals surface area (Å²) < 4.78 is 65.5. The lowest BCUT2D eigenvalue weighted by Gasteiger charge is -2.10. The highest BCUT2D eigenvalue weighted by atomic mass is 19.2. The highest BCUT2D eigenvalue weighted by Crippen LogP contribution is 2.25. The summed E-state index contributed by atoms with van der Waals surface area (Å²) in [4.78, 5) is 12.5. The molecular formula is C19H15F4N3O3. The minimum absolute atomic E-state index is 0.0607. The summed E-state index contributed by atoms with van der Waals surface area (Å²) in [6.45, 7) is -0.575. The molecule has 3 rings (SSSR count). The van der Waals surface area contributed by atoms with Gasteiger partial charge in [0.1, 0.15) is 11.5 Å². The number of hydrogen-bond donors (Lipinski definition) is 1. The first-order valence-corrected chi connectivity index (χ1v) is 8.22. The van der Waals surface area contributed by atoms with E-state index in [1.807, 2.05) is 0 Å². The summed E-state index contributed by atoms with van der Waals surface area (Å²) in [6, 6.07) is 6.08. The van der Waals surface area contributed by atoms with Gasteiger partial charge in [-0.25, -0.2) is 17.6 Å². The monoisotopic (exact) mass is 409 g/mol. The molecule has 0 fully saturated rings. The van der Waals surface area contributed by atoms with Gasteiger partial charge < -0.3 is 14.8 Å². The number of anilines is 1. The van der Waals surface area contributed by atoms with Crippen molar-refractivity contribution >= 4 is 11.7 Å². The summed E-state index contributed by atoms with van der Waals surface area (Å²) >= 11 is 0. The number of ether oxygens (including phenoxy) is 2. The number of rotatable bonds is 6. The Kier molecular flexibility index (Phi) is 5.71. The SMILES string of the molecule is COc1ccc(C(=O)Nc2ccn(Cc3c(F)c(F)cc(F)c3F)n2)c(OC)c1. The summed E-state index contributed by atoms with van der Waals surface area (Å²) in [5.74, 6) is -5.76. The lowest BCUT2D eigenvalue weighted by molar-refractivity contribution is 0.102. The standard InChI is InChI=1S/C19H15F4N3O3/c1-28-10-3-4-11(15(7-10)29-2)19(27)24-16-5-6-26(25-16)9-12-17(22)13(20)8-14(21)18(12)23/h3-8H,9H2,1-2H3,(H,24,25,27). The molecule has 2 aromatic carbocycles. The molecule has 0 aliphatic rings. The molecule has 152 valence electrons. The second-order valence-electron chi connectivity index (χ2n) is 5.87. The summed E-state index contributed by atoms with van der Waals surface area (Å²) in [5, 5.41) is 6.44. The molecule has 1 amide bonds. The van der Waals surface area contributed by atoms with Gasteiger partial charge in [0.15, 0.2) is 29.1 Å². The minimum atomic E-state index is -1.51. The lowest BCUT2D eigenvalue weighted by Crippen LogP contribution is -2.14. The van der Waals surface area contributed by atoms with Gasteiger partial charge in [-0.15, -0.1) is 0 Å². The van der Waals surface area contributed by atoms with Crippen molar-refractivity contribution in [1.82, 2.24) is 9.78 Å². The first-order valence-electron chi connectivity index (χ1n) is 8.22.